The number of carbonyl (C=O) groups is 3. The Bertz CT molecular complexity index is 1020. The molecule has 3 amide bonds. The van der Waals surface area contributed by atoms with Gasteiger partial charge >= 0.3 is 0 Å². The van der Waals surface area contributed by atoms with Gasteiger partial charge in [0.2, 0.25) is 11.8 Å². The molecule has 2 aliphatic carbocycles. The van der Waals surface area contributed by atoms with E-state index in [4.69, 9.17) is 11.6 Å². The molecule has 0 spiro atoms. The van der Waals surface area contributed by atoms with E-state index in [-0.39, 0.29) is 41.4 Å². The molecule has 1 aliphatic heterocycles. The molecule has 5 nitrogen and oxygen atoms in total. The Balaban J connectivity index is 1.41. The number of amides is 3. The third-order valence-corrected chi connectivity index (χ3v) is 6.15. The van der Waals surface area contributed by atoms with Gasteiger partial charge in [-0.3, -0.25) is 14.4 Å². The summed E-state index contributed by atoms with van der Waals surface area (Å²) >= 11 is 5.95. The van der Waals surface area contributed by atoms with Crippen molar-refractivity contribution in [1.82, 2.24) is 0 Å². The molecule has 1 N–H and O–H groups in total. The van der Waals surface area contributed by atoms with E-state index in [1.165, 1.54) is 4.90 Å². The summed E-state index contributed by atoms with van der Waals surface area (Å²) in [5.74, 6) is -0.835. The molecule has 2 aromatic rings. The van der Waals surface area contributed by atoms with Crippen LogP contribution in [0.4, 0.5) is 11.4 Å². The zero-order valence-corrected chi connectivity index (χ0v) is 15.6. The van der Waals surface area contributed by atoms with Crippen molar-refractivity contribution in [3.8, 4) is 0 Å². The van der Waals surface area contributed by atoms with Gasteiger partial charge in [0, 0.05) is 16.3 Å². The normalized spacial score (nSPS) is 27.4. The minimum atomic E-state index is -0.329. The Morgan fingerprint density at radius 3 is 2.32 bits per heavy atom. The van der Waals surface area contributed by atoms with E-state index in [1.807, 2.05) is 0 Å². The molecule has 0 radical (unpaired) electrons. The Morgan fingerprint density at radius 2 is 1.64 bits per heavy atom. The van der Waals surface area contributed by atoms with E-state index in [0.29, 0.717) is 22.0 Å². The number of benzene rings is 2. The van der Waals surface area contributed by atoms with Gasteiger partial charge in [0.25, 0.3) is 5.91 Å². The van der Waals surface area contributed by atoms with E-state index in [1.54, 1.807) is 48.5 Å². The van der Waals surface area contributed by atoms with Gasteiger partial charge in [0.15, 0.2) is 0 Å². The molecule has 2 aromatic carbocycles. The van der Waals surface area contributed by atoms with Gasteiger partial charge in [-0.25, -0.2) is 4.90 Å². The largest absolute Gasteiger partial charge is 0.322 e. The molecule has 28 heavy (non-hydrogen) atoms. The van der Waals surface area contributed by atoms with Crippen molar-refractivity contribution < 1.29 is 14.4 Å². The second-order valence-electron chi connectivity index (χ2n) is 7.53. The van der Waals surface area contributed by atoms with Crippen molar-refractivity contribution in [1.29, 1.82) is 0 Å². The van der Waals surface area contributed by atoms with Crippen molar-refractivity contribution in [3.05, 3.63) is 71.3 Å². The number of rotatable bonds is 3. The average Bonchev–Trinajstić information content (AvgIpc) is 3.36. The summed E-state index contributed by atoms with van der Waals surface area (Å²) in [5, 5.41) is 3.30. The van der Waals surface area contributed by atoms with Crippen LogP contribution in [0.3, 0.4) is 0 Å². The van der Waals surface area contributed by atoms with Crippen LogP contribution in [-0.2, 0) is 9.59 Å². The summed E-state index contributed by atoms with van der Waals surface area (Å²) in [6.45, 7) is 0. The minimum absolute atomic E-state index is 0.153. The van der Waals surface area contributed by atoms with Gasteiger partial charge in [0.1, 0.15) is 0 Å². The van der Waals surface area contributed by atoms with Gasteiger partial charge in [0.05, 0.1) is 17.5 Å². The molecule has 140 valence electrons. The Morgan fingerprint density at radius 1 is 0.964 bits per heavy atom. The number of anilines is 2. The lowest BCUT2D eigenvalue weighted by atomic mass is 9.85. The second-order valence-corrected chi connectivity index (χ2v) is 7.96. The van der Waals surface area contributed by atoms with Crippen LogP contribution >= 0.6 is 11.6 Å². The van der Waals surface area contributed by atoms with Gasteiger partial charge in [-0.1, -0.05) is 35.9 Å². The van der Waals surface area contributed by atoms with Gasteiger partial charge in [-0.2, -0.15) is 0 Å². The zero-order valence-electron chi connectivity index (χ0n) is 14.8. The molecule has 2 bridgehead atoms. The standard InChI is InChI=1S/C22H17ClN2O3/c23-15-4-2-5-16(11-15)24-20(26)14-3-1-6-17(10-14)25-21(27)18-12-7-8-13(9-12)19(18)22(25)28/h1-8,10-13,18-19H,9H2,(H,24,26)/t12-,13-,18-,19+/m1/s1. The number of fused-ring (bicyclic) bond motifs is 5. The van der Waals surface area contributed by atoms with Crippen LogP contribution in [0.25, 0.3) is 0 Å². The summed E-state index contributed by atoms with van der Waals surface area (Å²) < 4.78 is 0. The molecular formula is C22H17ClN2O3. The Labute approximate surface area is 167 Å². The molecule has 0 unspecified atom stereocenters. The highest BCUT2D eigenvalue weighted by atomic mass is 35.5. The maximum absolute atomic E-state index is 13.0. The zero-order chi connectivity index (χ0) is 19.4. The van der Waals surface area contributed by atoms with Crippen LogP contribution in [-0.4, -0.2) is 17.7 Å². The molecular weight excluding hydrogens is 376 g/mol. The fourth-order valence-electron chi connectivity index (χ4n) is 4.71. The van der Waals surface area contributed by atoms with E-state index < -0.39 is 0 Å². The van der Waals surface area contributed by atoms with Crippen LogP contribution in [0.15, 0.2) is 60.7 Å². The number of imide groups is 1. The maximum Gasteiger partial charge on any atom is 0.255 e. The van der Waals surface area contributed by atoms with Crippen molar-refractivity contribution in [2.75, 3.05) is 10.2 Å². The maximum atomic E-state index is 13.0. The van der Waals surface area contributed by atoms with Crippen LogP contribution < -0.4 is 10.2 Å². The molecule has 3 aliphatic rings. The summed E-state index contributed by atoms with van der Waals surface area (Å²) in [4.78, 5) is 39.8. The number of allylic oxidation sites excluding steroid dienone is 2. The van der Waals surface area contributed by atoms with Gasteiger partial charge < -0.3 is 5.32 Å². The van der Waals surface area contributed by atoms with Crippen molar-refractivity contribution in [2.45, 2.75) is 6.42 Å². The highest BCUT2D eigenvalue weighted by molar-refractivity contribution is 6.31. The first-order valence-electron chi connectivity index (χ1n) is 9.26. The molecule has 2 fully saturated rings. The van der Waals surface area contributed by atoms with E-state index >= 15 is 0 Å². The van der Waals surface area contributed by atoms with Crippen LogP contribution in [0.1, 0.15) is 16.8 Å². The van der Waals surface area contributed by atoms with Crippen LogP contribution in [0.5, 0.6) is 0 Å². The summed E-state index contributed by atoms with van der Waals surface area (Å²) in [5.41, 5.74) is 1.40. The first-order valence-corrected chi connectivity index (χ1v) is 9.64. The highest BCUT2D eigenvalue weighted by Crippen LogP contribution is 2.53. The smallest absolute Gasteiger partial charge is 0.255 e. The quantitative estimate of drug-likeness (QED) is 0.636. The Kier molecular flexibility index (Phi) is 3.88. The lowest BCUT2D eigenvalue weighted by molar-refractivity contribution is -0.123. The summed E-state index contributed by atoms with van der Waals surface area (Å²) in [6, 6.07) is 13.5. The molecule has 1 saturated carbocycles. The number of nitrogens with zero attached hydrogens (tertiary/aromatic N) is 1. The number of carbonyl (C=O) groups excluding carboxylic acids is 3. The molecule has 6 heteroatoms. The lowest BCUT2D eigenvalue weighted by Crippen LogP contribution is -2.33. The third-order valence-electron chi connectivity index (χ3n) is 5.92. The summed E-state index contributed by atoms with van der Waals surface area (Å²) in [7, 11) is 0. The lowest BCUT2D eigenvalue weighted by Gasteiger charge is -2.18. The number of nitrogens with one attached hydrogen (secondary N) is 1. The number of hydrogen-bond acceptors (Lipinski definition) is 3. The van der Waals surface area contributed by atoms with Gasteiger partial charge in [-0.05, 0) is 54.7 Å². The highest BCUT2D eigenvalue weighted by Gasteiger charge is 2.59. The second kappa shape index (κ2) is 6.31. The third kappa shape index (κ3) is 2.58. The first kappa shape index (κ1) is 17.2. The van der Waals surface area contributed by atoms with Crippen LogP contribution in [0.2, 0.25) is 5.02 Å². The average molecular weight is 393 g/mol. The van der Waals surface area contributed by atoms with E-state index in [0.717, 1.165) is 6.42 Å². The SMILES string of the molecule is O=C(Nc1cccc(Cl)c1)c1cccc(N2C(=O)[C@@H]3[C@H](C2=O)[C@@H]2C=C[C@@H]3C2)c1. The van der Waals surface area contributed by atoms with Gasteiger partial charge in [-0.15, -0.1) is 0 Å². The predicted molar refractivity (Wildman–Crippen MR) is 106 cm³/mol. The predicted octanol–water partition coefficient (Wildman–Crippen LogP) is 3.90. The van der Waals surface area contributed by atoms with Crippen molar-refractivity contribution >= 4 is 40.7 Å². The molecule has 0 aromatic heterocycles. The fraction of sp³-hybridized carbons (Fsp3) is 0.227. The molecule has 1 saturated heterocycles. The monoisotopic (exact) mass is 392 g/mol. The van der Waals surface area contributed by atoms with Crippen LogP contribution in [0, 0.1) is 23.7 Å². The summed E-state index contributed by atoms with van der Waals surface area (Å²) in [6.07, 6.45) is 5.02. The number of halogens is 1. The topological polar surface area (TPSA) is 66.5 Å². The van der Waals surface area contributed by atoms with Crippen molar-refractivity contribution in [3.63, 3.8) is 0 Å². The molecule has 4 atom stereocenters. The first-order chi connectivity index (χ1) is 13.5. The molecule has 1 heterocycles. The number of hydrogen-bond donors (Lipinski definition) is 1. The Hall–Kier alpha value is -2.92. The van der Waals surface area contributed by atoms with E-state index in [2.05, 4.69) is 17.5 Å². The van der Waals surface area contributed by atoms with E-state index in [9.17, 15) is 14.4 Å². The fourth-order valence-corrected chi connectivity index (χ4v) is 4.90. The molecule has 5 rings (SSSR count). The van der Waals surface area contributed by atoms with Crippen molar-refractivity contribution in [2.24, 2.45) is 23.7 Å². The minimum Gasteiger partial charge on any atom is -0.322 e.